The van der Waals surface area contributed by atoms with Gasteiger partial charge in [0, 0.05) is 55.4 Å². The predicted octanol–water partition coefficient (Wildman–Crippen LogP) is 4.08. The van der Waals surface area contributed by atoms with E-state index in [9.17, 15) is 28.6 Å². The standard InChI is InChI=1S/C40H49F2N5O6/c1-39(2,35-19-28-20-43-14-13-33(28)53-35)47-16-15-46(31(22-47)38(51)45-40(3,24-41)25-42)21-29(48)18-27(17-26-9-5-4-6-10-26)37(50)44-36-30-11-7-8-12-34(30)52-23-32(36)49/h4-14,19-20,27,29,31-32,36,48-49H,15-18,21-25H2,1-3H3,(H,44,50)(H,45,51)/t27-,29+,31+,32-,36+/m1/s1. The van der Waals surface area contributed by atoms with E-state index < -0.39 is 60.5 Å². The van der Waals surface area contributed by atoms with E-state index in [0.717, 1.165) is 10.9 Å². The third kappa shape index (κ3) is 8.70. The number of amides is 2. The molecule has 4 N–H and O–H groups in total. The number of β-amino-alcohol motifs (C(OH)–C–C–N with tert-alkyl or cyclic N) is 1. The number of ether oxygens (including phenoxy) is 1. The number of aromatic nitrogens is 1. The summed E-state index contributed by atoms with van der Waals surface area (Å²) in [5, 5.41) is 28.9. The number of halogens is 2. The molecule has 5 atom stereocenters. The number of hydrogen-bond acceptors (Lipinski definition) is 9. The summed E-state index contributed by atoms with van der Waals surface area (Å²) in [5.41, 5.74) is -0.111. The van der Waals surface area contributed by atoms with Crippen LogP contribution >= 0.6 is 0 Å². The lowest BCUT2D eigenvalue weighted by atomic mass is 9.90. The number of rotatable bonds is 14. The number of aliphatic hydroxyl groups is 2. The van der Waals surface area contributed by atoms with Gasteiger partial charge >= 0.3 is 0 Å². The molecule has 2 aromatic heterocycles. The number of hydrogen-bond donors (Lipinski definition) is 4. The van der Waals surface area contributed by atoms with Crippen molar-refractivity contribution in [2.24, 2.45) is 5.92 Å². The molecule has 0 aliphatic carbocycles. The van der Waals surface area contributed by atoms with Gasteiger partial charge in [0.05, 0.1) is 23.2 Å². The van der Waals surface area contributed by atoms with Crippen LogP contribution < -0.4 is 15.4 Å². The number of para-hydroxylation sites is 1. The van der Waals surface area contributed by atoms with Gasteiger partial charge < -0.3 is 30.0 Å². The molecule has 13 heteroatoms. The molecule has 0 radical (unpaired) electrons. The highest BCUT2D eigenvalue weighted by molar-refractivity contribution is 5.83. The monoisotopic (exact) mass is 733 g/mol. The fourth-order valence-corrected chi connectivity index (χ4v) is 7.27. The van der Waals surface area contributed by atoms with Crippen LogP contribution in [0.5, 0.6) is 5.75 Å². The van der Waals surface area contributed by atoms with E-state index in [1.807, 2.05) is 67.3 Å². The van der Waals surface area contributed by atoms with Crippen molar-refractivity contribution in [1.82, 2.24) is 25.4 Å². The Morgan fingerprint density at radius 1 is 1.04 bits per heavy atom. The summed E-state index contributed by atoms with van der Waals surface area (Å²) in [7, 11) is 0. The van der Waals surface area contributed by atoms with Crippen molar-refractivity contribution in [2.45, 2.75) is 69.0 Å². The lowest BCUT2D eigenvalue weighted by Gasteiger charge is -2.47. The third-order valence-electron chi connectivity index (χ3n) is 10.6. The van der Waals surface area contributed by atoms with Gasteiger partial charge in [0.1, 0.15) is 49.2 Å². The first-order valence-corrected chi connectivity index (χ1v) is 18.1. The zero-order chi connectivity index (χ0) is 37.8. The SMILES string of the molecule is CC(CF)(CF)NC(=O)[C@@H]1CN(C(C)(C)c2cc3cnccc3o2)CCN1C[C@@H](O)C[C@@H](Cc1ccccc1)C(=O)N[C@H]1c2ccccc2OC[C@H]1O. The number of aliphatic hydroxyl groups excluding tert-OH is 2. The number of furan rings is 1. The van der Waals surface area contributed by atoms with Crippen LogP contribution in [0.25, 0.3) is 11.0 Å². The van der Waals surface area contributed by atoms with Crippen LogP contribution in [-0.4, -0.2) is 107 Å². The summed E-state index contributed by atoms with van der Waals surface area (Å²) in [5.74, 6) is -0.320. The van der Waals surface area contributed by atoms with Gasteiger partial charge in [-0.15, -0.1) is 0 Å². The molecule has 0 unspecified atom stereocenters. The highest BCUT2D eigenvalue weighted by Crippen LogP contribution is 2.35. The van der Waals surface area contributed by atoms with Crippen LogP contribution in [-0.2, 0) is 21.5 Å². The molecule has 0 spiro atoms. The van der Waals surface area contributed by atoms with Crippen molar-refractivity contribution >= 4 is 22.8 Å². The largest absolute Gasteiger partial charge is 0.490 e. The molecule has 11 nitrogen and oxygen atoms in total. The zero-order valence-electron chi connectivity index (χ0n) is 30.4. The number of carbonyl (C=O) groups is 2. The molecular formula is C40H49F2N5O6. The first-order chi connectivity index (χ1) is 25.4. The minimum atomic E-state index is -1.70. The van der Waals surface area contributed by atoms with Gasteiger partial charge in [-0.2, -0.15) is 0 Å². The Labute approximate surface area is 308 Å². The Hall–Kier alpha value is -4.43. The molecule has 2 amide bonds. The quantitative estimate of drug-likeness (QED) is 0.151. The Morgan fingerprint density at radius 2 is 1.77 bits per heavy atom. The minimum absolute atomic E-state index is 0.0254. The maximum atomic E-state index is 14.0. The first kappa shape index (κ1) is 38.3. The van der Waals surface area contributed by atoms with Crippen molar-refractivity contribution < 1.29 is 37.7 Å². The fourth-order valence-electron chi connectivity index (χ4n) is 7.27. The average Bonchev–Trinajstić information content (AvgIpc) is 3.62. The normalized spacial score (nSPS) is 21.0. The van der Waals surface area contributed by atoms with E-state index in [0.29, 0.717) is 42.2 Å². The Kier molecular flexibility index (Phi) is 11.8. The van der Waals surface area contributed by atoms with Crippen molar-refractivity contribution in [3.63, 3.8) is 0 Å². The van der Waals surface area contributed by atoms with Crippen LogP contribution in [0.2, 0.25) is 0 Å². The average molecular weight is 734 g/mol. The Balaban J connectivity index is 1.21. The van der Waals surface area contributed by atoms with Gasteiger partial charge in [-0.25, -0.2) is 8.78 Å². The number of pyridine rings is 1. The molecule has 6 rings (SSSR count). The molecule has 1 saturated heterocycles. The van der Waals surface area contributed by atoms with Crippen LogP contribution in [0.15, 0.2) is 83.5 Å². The topological polar surface area (TPSA) is 140 Å². The molecule has 2 aliphatic heterocycles. The van der Waals surface area contributed by atoms with Gasteiger partial charge in [0.2, 0.25) is 11.8 Å². The number of benzene rings is 2. The first-order valence-electron chi connectivity index (χ1n) is 18.1. The number of nitrogens with one attached hydrogen (secondary N) is 2. The van der Waals surface area contributed by atoms with Crippen LogP contribution in [0.1, 0.15) is 50.1 Å². The van der Waals surface area contributed by atoms with Gasteiger partial charge in [-0.1, -0.05) is 48.5 Å². The lowest BCUT2D eigenvalue weighted by Crippen LogP contribution is -2.65. The van der Waals surface area contributed by atoms with E-state index in [2.05, 4.69) is 20.5 Å². The third-order valence-corrected chi connectivity index (χ3v) is 10.6. The summed E-state index contributed by atoms with van der Waals surface area (Å²) in [6.45, 7) is 4.22. The van der Waals surface area contributed by atoms with Crippen LogP contribution in [0, 0.1) is 5.92 Å². The summed E-state index contributed by atoms with van der Waals surface area (Å²) in [4.78, 5) is 36.0. The molecule has 2 aliphatic rings. The van der Waals surface area contributed by atoms with E-state index in [4.69, 9.17) is 9.15 Å². The van der Waals surface area contributed by atoms with Gasteiger partial charge in [0.25, 0.3) is 0 Å². The molecule has 0 bridgehead atoms. The molecule has 0 saturated carbocycles. The second kappa shape index (κ2) is 16.3. The van der Waals surface area contributed by atoms with E-state index >= 15 is 0 Å². The summed E-state index contributed by atoms with van der Waals surface area (Å²) in [6.07, 6.45) is 1.75. The number of fused-ring (bicyclic) bond motifs is 2. The van der Waals surface area contributed by atoms with Crippen LogP contribution in [0.4, 0.5) is 8.78 Å². The second-order valence-electron chi connectivity index (χ2n) is 15.0. The Morgan fingerprint density at radius 3 is 2.51 bits per heavy atom. The fraction of sp³-hybridized carbons (Fsp3) is 0.475. The zero-order valence-corrected chi connectivity index (χ0v) is 30.4. The van der Waals surface area contributed by atoms with Crippen molar-refractivity contribution in [1.29, 1.82) is 0 Å². The highest BCUT2D eigenvalue weighted by atomic mass is 19.1. The van der Waals surface area contributed by atoms with Crippen LogP contribution in [0.3, 0.4) is 0 Å². The summed E-state index contributed by atoms with van der Waals surface area (Å²) >= 11 is 0. The number of carbonyl (C=O) groups excluding carboxylic acids is 2. The Bertz CT molecular complexity index is 1820. The second-order valence-corrected chi connectivity index (χ2v) is 15.0. The van der Waals surface area contributed by atoms with E-state index in [1.54, 1.807) is 30.6 Å². The number of piperazine rings is 1. The van der Waals surface area contributed by atoms with E-state index in [1.165, 1.54) is 6.92 Å². The van der Waals surface area contributed by atoms with E-state index in [-0.39, 0.29) is 32.0 Å². The van der Waals surface area contributed by atoms with Crippen molar-refractivity contribution in [3.8, 4) is 5.75 Å². The molecule has 4 aromatic rings. The van der Waals surface area contributed by atoms with Gasteiger partial charge in [-0.05, 0) is 57.4 Å². The van der Waals surface area contributed by atoms with Gasteiger partial charge in [-0.3, -0.25) is 24.4 Å². The molecule has 4 heterocycles. The number of nitrogens with zero attached hydrogens (tertiary/aromatic N) is 3. The minimum Gasteiger partial charge on any atom is -0.490 e. The molecule has 2 aromatic carbocycles. The van der Waals surface area contributed by atoms with Crippen molar-refractivity contribution in [2.75, 3.05) is 46.1 Å². The maximum Gasteiger partial charge on any atom is 0.239 e. The van der Waals surface area contributed by atoms with Crippen molar-refractivity contribution in [3.05, 3.63) is 96.0 Å². The number of alkyl halides is 2. The molecular weight excluding hydrogens is 684 g/mol. The molecule has 284 valence electrons. The highest BCUT2D eigenvalue weighted by Gasteiger charge is 2.43. The smallest absolute Gasteiger partial charge is 0.239 e. The summed E-state index contributed by atoms with van der Waals surface area (Å²) in [6, 6.07) is 18.8. The lowest BCUT2D eigenvalue weighted by molar-refractivity contribution is -0.134. The molecule has 1 fully saturated rings. The summed E-state index contributed by atoms with van der Waals surface area (Å²) < 4.78 is 39.7. The maximum absolute atomic E-state index is 14.0. The molecule has 53 heavy (non-hydrogen) atoms. The van der Waals surface area contributed by atoms with Gasteiger partial charge in [0.15, 0.2) is 0 Å². The predicted molar refractivity (Wildman–Crippen MR) is 196 cm³/mol.